The van der Waals surface area contributed by atoms with Gasteiger partial charge in [-0.3, -0.25) is 4.79 Å². The maximum atomic E-state index is 12.1. The highest BCUT2D eigenvalue weighted by Crippen LogP contribution is 2.14. The number of benzene rings is 2. The van der Waals surface area contributed by atoms with E-state index < -0.39 is 10.0 Å². The first-order valence-corrected chi connectivity index (χ1v) is 9.27. The first-order valence-electron chi connectivity index (χ1n) is 6.99. The molecule has 0 aliphatic rings. The molecule has 0 aromatic heterocycles. The summed E-state index contributed by atoms with van der Waals surface area (Å²) in [7, 11) is -3.57. The summed E-state index contributed by atoms with van der Waals surface area (Å²) in [5.74, 6) is -0.217. The minimum atomic E-state index is -3.57. The fraction of sp³-hybridized carbons (Fsp3) is 0.188. The Morgan fingerprint density at radius 3 is 2.35 bits per heavy atom. The smallest absolute Gasteiger partial charge is 0.251 e. The molecule has 122 valence electrons. The molecule has 0 saturated heterocycles. The van der Waals surface area contributed by atoms with Gasteiger partial charge in [0.05, 0.1) is 4.90 Å². The molecule has 0 unspecified atom stereocenters. The van der Waals surface area contributed by atoms with Gasteiger partial charge in [0.25, 0.3) is 5.91 Å². The maximum absolute atomic E-state index is 12.1. The van der Waals surface area contributed by atoms with E-state index in [1.165, 1.54) is 12.1 Å². The number of rotatable bonds is 6. The zero-order chi connectivity index (χ0) is 16.9. The third-order valence-corrected chi connectivity index (χ3v) is 5.22. The second kappa shape index (κ2) is 7.72. The van der Waals surface area contributed by atoms with Gasteiger partial charge in [-0.15, -0.1) is 0 Å². The maximum Gasteiger partial charge on any atom is 0.251 e. The summed E-state index contributed by atoms with van der Waals surface area (Å²) in [6.45, 7) is 2.18. The van der Waals surface area contributed by atoms with Crippen LogP contribution in [-0.4, -0.2) is 27.4 Å². The summed E-state index contributed by atoms with van der Waals surface area (Å²) in [4.78, 5) is 12.2. The Morgan fingerprint density at radius 1 is 1.04 bits per heavy atom. The number of hydrogen-bond acceptors (Lipinski definition) is 3. The summed E-state index contributed by atoms with van der Waals surface area (Å²) in [6.07, 6.45) is 0. The van der Waals surface area contributed by atoms with Gasteiger partial charge >= 0.3 is 0 Å². The highest BCUT2D eigenvalue weighted by atomic mass is 79.9. The minimum Gasteiger partial charge on any atom is -0.351 e. The van der Waals surface area contributed by atoms with Crippen LogP contribution in [0.15, 0.2) is 57.9 Å². The van der Waals surface area contributed by atoms with E-state index in [2.05, 4.69) is 26.0 Å². The molecule has 23 heavy (non-hydrogen) atoms. The van der Waals surface area contributed by atoms with Crippen molar-refractivity contribution in [2.75, 3.05) is 13.1 Å². The lowest BCUT2D eigenvalue weighted by molar-refractivity contribution is 0.0953. The Kier molecular flexibility index (Phi) is 5.92. The van der Waals surface area contributed by atoms with Gasteiger partial charge in [0.15, 0.2) is 0 Å². The lowest BCUT2D eigenvalue weighted by Crippen LogP contribution is -2.34. The molecule has 0 radical (unpaired) electrons. The number of nitrogens with one attached hydrogen (secondary N) is 2. The molecule has 0 saturated carbocycles. The van der Waals surface area contributed by atoms with Gasteiger partial charge in [-0.2, -0.15) is 0 Å². The average molecular weight is 397 g/mol. The Bertz CT molecular complexity index is 789. The van der Waals surface area contributed by atoms with E-state index in [0.29, 0.717) is 5.56 Å². The van der Waals surface area contributed by atoms with Gasteiger partial charge in [-0.05, 0) is 42.8 Å². The number of sulfonamides is 1. The number of aryl methyl sites for hydroxylation is 1. The van der Waals surface area contributed by atoms with Crippen molar-refractivity contribution < 1.29 is 13.2 Å². The lowest BCUT2D eigenvalue weighted by Gasteiger charge is -2.09. The van der Waals surface area contributed by atoms with Crippen LogP contribution in [0.2, 0.25) is 0 Å². The zero-order valence-corrected chi connectivity index (χ0v) is 14.9. The summed E-state index contributed by atoms with van der Waals surface area (Å²) < 4.78 is 27.4. The highest BCUT2D eigenvalue weighted by Gasteiger charge is 2.13. The summed E-state index contributed by atoms with van der Waals surface area (Å²) in [5.41, 5.74) is 1.46. The van der Waals surface area contributed by atoms with Crippen LogP contribution in [0, 0.1) is 6.92 Å². The van der Waals surface area contributed by atoms with Crippen LogP contribution in [0.5, 0.6) is 0 Å². The van der Waals surface area contributed by atoms with Gasteiger partial charge in [0.1, 0.15) is 0 Å². The first kappa shape index (κ1) is 17.7. The molecule has 2 aromatic carbocycles. The number of hydrogen-bond donors (Lipinski definition) is 2. The molecular weight excluding hydrogens is 380 g/mol. The Labute approximate surface area is 144 Å². The molecule has 0 aliphatic heterocycles. The fourth-order valence-corrected chi connectivity index (χ4v) is 3.28. The standard InChI is InChI=1S/C16H17BrN2O3S/c1-12-4-2-3-5-15(12)16(20)18-10-11-19-23(21,22)14-8-6-13(17)7-9-14/h2-9,19H,10-11H2,1H3,(H,18,20). The fourth-order valence-electron chi connectivity index (χ4n) is 1.98. The van der Waals surface area contributed by atoms with Gasteiger partial charge in [-0.25, -0.2) is 13.1 Å². The van der Waals surface area contributed by atoms with E-state index in [-0.39, 0.29) is 23.9 Å². The predicted molar refractivity (Wildman–Crippen MR) is 92.8 cm³/mol. The average Bonchev–Trinajstić information content (AvgIpc) is 2.52. The zero-order valence-electron chi connectivity index (χ0n) is 12.5. The molecule has 0 heterocycles. The normalized spacial score (nSPS) is 11.2. The molecule has 0 spiro atoms. The van der Waals surface area contributed by atoms with Crippen LogP contribution in [-0.2, 0) is 10.0 Å². The van der Waals surface area contributed by atoms with Gasteiger partial charge in [-0.1, -0.05) is 34.1 Å². The third kappa shape index (κ3) is 4.89. The second-order valence-electron chi connectivity index (χ2n) is 4.92. The van der Waals surface area contributed by atoms with Gasteiger partial charge < -0.3 is 5.32 Å². The van der Waals surface area contributed by atoms with E-state index in [9.17, 15) is 13.2 Å². The molecule has 5 nitrogen and oxygen atoms in total. The van der Waals surface area contributed by atoms with Gasteiger partial charge in [0.2, 0.25) is 10.0 Å². The molecule has 7 heteroatoms. The number of carbonyl (C=O) groups is 1. The van der Waals surface area contributed by atoms with Crippen LogP contribution in [0.4, 0.5) is 0 Å². The largest absolute Gasteiger partial charge is 0.351 e. The monoisotopic (exact) mass is 396 g/mol. The van der Waals surface area contributed by atoms with Crippen molar-refractivity contribution in [3.8, 4) is 0 Å². The Balaban J connectivity index is 1.86. The molecule has 2 aromatic rings. The summed E-state index contributed by atoms with van der Waals surface area (Å²) in [5, 5.41) is 2.70. The van der Waals surface area contributed by atoms with Crippen molar-refractivity contribution in [2.24, 2.45) is 0 Å². The van der Waals surface area contributed by atoms with E-state index in [1.807, 2.05) is 19.1 Å². The van der Waals surface area contributed by atoms with Crippen LogP contribution >= 0.6 is 15.9 Å². The number of amides is 1. The quantitative estimate of drug-likeness (QED) is 0.736. The van der Waals surface area contributed by atoms with E-state index in [0.717, 1.165) is 10.0 Å². The molecule has 1 amide bonds. The van der Waals surface area contributed by atoms with Crippen molar-refractivity contribution in [3.05, 3.63) is 64.1 Å². The Morgan fingerprint density at radius 2 is 1.70 bits per heavy atom. The van der Waals surface area contributed by atoms with Crippen LogP contribution in [0.1, 0.15) is 15.9 Å². The summed E-state index contributed by atoms with van der Waals surface area (Å²) >= 11 is 3.26. The van der Waals surface area contributed by atoms with Crippen molar-refractivity contribution in [1.82, 2.24) is 10.0 Å². The minimum absolute atomic E-state index is 0.121. The number of halogens is 1. The van der Waals surface area contributed by atoms with E-state index in [1.54, 1.807) is 24.3 Å². The predicted octanol–water partition coefficient (Wildman–Crippen LogP) is 2.47. The molecule has 2 N–H and O–H groups in total. The SMILES string of the molecule is Cc1ccccc1C(=O)NCCNS(=O)(=O)c1ccc(Br)cc1. The van der Waals surface area contributed by atoms with Crippen LogP contribution in [0.25, 0.3) is 0 Å². The molecule has 0 bridgehead atoms. The van der Waals surface area contributed by atoms with Crippen molar-refractivity contribution in [2.45, 2.75) is 11.8 Å². The number of carbonyl (C=O) groups excluding carboxylic acids is 1. The van der Waals surface area contributed by atoms with Gasteiger partial charge in [0, 0.05) is 23.1 Å². The molecule has 0 atom stereocenters. The molecule has 0 fully saturated rings. The van der Waals surface area contributed by atoms with E-state index >= 15 is 0 Å². The molecular formula is C16H17BrN2O3S. The lowest BCUT2D eigenvalue weighted by atomic mass is 10.1. The molecule has 2 rings (SSSR count). The highest BCUT2D eigenvalue weighted by molar-refractivity contribution is 9.10. The Hall–Kier alpha value is -1.70. The van der Waals surface area contributed by atoms with Crippen molar-refractivity contribution >= 4 is 31.9 Å². The topological polar surface area (TPSA) is 75.3 Å². The molecule has 0 aliphatic carbocycles. The van der Waals surface area contributed by atoms with Crippen LogP contribution < -0.4 is 10.0 Å². The summed E-state index contributed by atoms with van der Waals surface area (Å²) in [6, 6.07) is 13.6. The van der Waals surface area contributed by atoms with Crippen molar-refractivity contribution in [1.29, 1.82) is 0 Å². The second-order valence-corrected chi connectivity index (χ2v) is 7.61. The van der Waals surface area contributed by atoms with Crippen molar-refractivity contribution in [3.63, 3.8) is 0 Å². The first-order chi connectivity index (χ1) is 10.9. The van der Waals surface area contributed by atoms with E-state index in [4.69, 9.17) is 0 Å². The third-order valence-electron chi connectivity index (χ3n) is 3.22. The van der Waals surface area contributed by atoms with Crippen LogP contribution in [0.3, 0.4) is 0 Å².